The molecule has 0 bridgehead atoms. The molecule has 0 fully saturated rings. The fourth-order valence-corrected chi connectivity index (χ4v) is 2.73. The number of nitrogens with one attached hydrogen (secondary N) is 2. The second-order valence-corrected chi connectivity index (χ2v) is 7.19. The van der Waals surface area contributed by atoms with Crippen molar-refractivity contribution >= 4 is 18.1 Å². The van der Waals surface area contributed by atoms with Crippen LogP contribution in [0.25, 0.3) is 0 Å². The predicted octanol–water partition coefficient (Wildman–Crippen LogP) is 3.19. The third-order valence-electron chi connectivity index (χ3n) is 4.49. The van der Waals surface area contributed by atoms with Gasteiger partial charge in [-0.1, -0.05) is 63.3 Å². The maximum atomic E-state index is 12.6. The third kappa shape index (κ3) is 8.67. The van der Waals surface area contributed by atoms with Gasteiger partial charge in [-0.15, -0.1) is 0 Å². The SMILES string of the molecule is C=C(CC)CCCC(=O)N[C@H](C(=O)NC(C=O)Cc1ccccc1)C(C)C. The van der Waals surface area contributed by atoms with Crippen LogP contribution in [0.5, 0.6) is 0 Å². The van der Waals surface area contributed by atoms with E-state index in [0.29, 0.717) is 12.8 Å². The minimum Gasteiger partial charge on any atom is -0.344 e. The Kier molecular flexibility index (Phi) is 10.1. The van der Waals surface area contributed by atoms with Crippen molar-refractivity contribution in [1.82, 2.24) is 10.6 Å². The molecule has 0 radical (unpaired) electrons. The van der Waals surface area contributed by atoms with E-state index in [1.165, 1.54) is 0 Å². The summed E-state index contributed by atoms with van der Waals surface area (Å²) in [6, 6.07) is 8.23. The summed E-state index contributed by atoms with van der Waals surface area (Å²) < 4.78 is 0. The van der Waals surface area contributed by atoms with E-state index in [1.807, 2.05) is 51.1 Å². The van der Waals surface area contributed by atoms with Crippen molar-refractivity contribution in [2.45, 2.75) is 65.0 Å². The molecule has 0 heterocycles. The summed E-state index contributed by atoms with van der Waals surface area (Å²) >= 11 is 0. The molecule has 0 aliphatic heterocycles. The standard InChI is InChI=1S/C22H32N2O3/c1-5-17(4)10-9-13-20(26)24-21(16(2)3)22(27)23-19(15-25)14-18-11-7-6-8-12-18/h6-8,11-12,15-16,19,21H,4-5,9-10,13-14H2,1-3H3,(H,23,27)(H,24,26)/t19?,21-/m0/s1. The second-order valence-electron chi connectivity index (χ2n) is 7.19. The third-order valence-corrected chi connectivity index (χ3v) is 4.49. The largest absolute Gasteiger partial charge is 0.344 e. The van der Waals surface area contributed by atoms with Gasteiger partial charge in [0, 0.05) is 6.42 Å². The Bertz CT molecular complexity index is 626. The first-order valence-corrected chi connectivity index (χ1v) is 9.63. The summed E-state index contributed by atoms with van der Waals surface area (Å²) in [6.07, 6.45) is 3.96. The number of allylic oxidation sites excluding steroid dienone is 1. The van der Waals surface area contributed by atoms with E-state index in [2.05, 4.69) is 17.2 Å². The minimum atomic E-state index is -0.662. The molecule has 1 aromatic carbocycles. The van der Waals surface area contributed by atoms with Crippen LogP contribution >= 0.6 is 0 Å². The van der Waals surface area contributed by atoms with Gasteiger partial charge in [0.2, 0.25) is 11.8 Å². The zero-order valence-electron chi connectivity index (χ0n) is 16.7. The van der Waals surface area contributed by atoms with Crippen LogP contribution in [0.3, 0.4) is 0 Å². The van der Waals surface area contributed by atoms with Crippen molar-refractivity contribution in [3.63, 3.8) is 0 Å². The zero-order valence-corrected chi connectivity index (χ0v) is 16.7. The van der Waals surface area contributed by atoms with Gasteiger partial charge in [0.1, 0.15) is 12.3 Å². The summed E-state index contributed by atoms with van der Waals surface area (Å²) in [7, 11) is 0. The number of aldehydes is 1. The Hall–Kier alpha value is -2.43. The molecule has 2 N–H and O–H groups in total. The van der Waals surface area contributed by atoms with E-state index in [1.54, 1.807) is 0 Å². The number of benzene rings is 1. The summed E-state index contributed by atoms with van der Waals surface area (Å²) in [5, 5.41) is 5.55. The second kappa shape index (κ2) is 12.0. The molecule has 1 unspecified atom stereocenters. The summed E-state index contributed by atoms with van der Waals surface area (Å²) in [6.45, 7) is 9.72. The highest BCUT2D eigenvalue weighted by Gasteiger charge is 2.26. The highest BCUT2D eigenvalue weighted by atomic mass is 16.2. The molecule has 0 saturated carbocycles. The quantitative estimate of drug-likeness (QED) is 0.437. The van der Waals surface area contributed by atoms with Gasteiger partial charge in [0.25, 0.3) is 0 Å². The predicted molar refractivity (Wildman–Crippen MR) is 108 cm³/mol. The molecule has 0 aliphatic rings. The van der Waals surface area contributed by atoms with E-state index >= 15 is 0 Å². The fraction of sp³-hybridized carbons (Fsp3) is 0.500. The van der Waals surface area contributed by atoms with Gasteiger partial charge in [-0.05, 0) is 37.2 Å². The van der Waals surface area contributed by atoms with Gasteiger partial charge in [0.15, 0.2) is 0 Å². The number of hydrogen-bond donors (Lipinski definition) is 2. The van der Waals surface area contributed by atoms with Crippen LogP contribution in [-0.4, -0.2) is 30.2 Å². The van der Waals surface area contributed by atoms with Crippen molar-refractivity contribution in [1.29, 1.82) is 0 Å². The van der Waals surface area contributed by atoms with E-state index in [9.17, 15) is 14.4 Å². The van der Waals surface area contributed by atoms with E-state index in [0.717, 1.165) is 36.7 Å². The van der Waals surface area contributed by atoms with Gasteiger partial charge in [-0.2, -0.15) is 0 Å². The Balaban J connectivity index is 2.59. The van der Waals surface area contributed by atoms with Crippen molar-refractivity contribution in [3.8, 4) is 0 Å². The lowest BCUT2D eigenvalue weighted by Gasteiger charge is -2.23. The van der Waals surface area contributed by atoms with Gasteiger partial charge in [-0.25, -0.2) is 0 Å². The van der Waals surface area contributed by atoms with Crippen molar-refractivity contribution < 1.29 is 14.4 Å². The molecule has 1 rings (SSSR count). The maximum absolute atomic E-state index is 12.6. The lowest BCUT2D eigenvalue weighted by atomic mass is 10.0. The molecular weight excluding hydrogens is 340 g/mol. The number of rotatable bonds is 12. The molecule has 0 aromatic heterocycles. The van der Waals surface area contributed by atoms with Crippen LogP contribution in [0.2, 0.25) is 0 Å². The van der Waals surface area contributed by atoms with Crippen molar-refractivity contribution in [2.75, 3.05) is 0 Å². The van der Waals surface area contributed by atoms with E-state index in [-0.39, 0.29) is 17.7 Å². The lowest BCUT2D eigenvalue weighted by molar-refractivity contribution is -0.131. The number of carbonyl (C=O) groups is 3. The van der Waals surface area contributed by atoms with Gasteiger partial charge < -0.3 is 15.4 Å². The van der Waals surface area contributed by atoms with Gasteiger partial charge in [0.05, 0.1) is 6.04 Å². The zero-order chi connectivity index (χ0) is 20.2. The highest BCUT2D eigenvalue weighted by Crippen LogP contribution is 2.10. The summed E-state index contributed by atoms with van der Waals surface area (Å²) in [5.74, 6) is -0.564. The summed E-state index contributed by atoms with van der Waals surface area (Å²) in [4.78, 5) is 36.2. The maximum Gasteiger partial charge on any atom is 0.243 e. The number of carbonyl (C=O) groups excluding carboxylic acids is 3. The molecular formula is C22H32N2O3. The molecule has 27 heavy (non-hydrogen) atoms. The van der Waals surface area contributed by atoms with Crippen molar-refractivity contribution in [3.05, 3.63) is 48.0 Å². The molecule has 1 aromatic rings. The average molecular weight is 373 g/mol. The molecule has 0 aliphatic carbocycles. The molecule has 5 nitrogen and oxygen atoms in total. The normalized spacial score (nSPS) is 12.9. The van der Waals surface area contributed by atoms with E-state index in [4.69, 9.17) is 0 Å². The van der Waals surface area contributed by atoms with Crippen molar-refractivity contribution in [2.24, 2.45) is 5.92 Å². The molecule has 0 spiro atoms. The molecule has 0 saturated heterocycles. The topological polar surface area (TPSA) is 75.3 Å². The monoisotopic (exact) mass is 372 g/mol. The van der Waals surface area contributed by atoms with Crippen LogP contribution in [0.1, 0.15) is 52.0 Å². The Morgan fingerprint density at radius 1 is 1.11 bits per heavy atom. The molecule has 148 valence electrons. The first-order valence-electron chi connectivity index (χ1n) is 9.63. The van der Waals surface area contributed by atoms with Crippen LogP contribution in [0.15, 0.2) is 42.5 Å². The molecule has 2 atom stereocenters. The molecule has 5 heteroatoms. The van der Waals surface area contributed by atoms with Gasteiger partial charge in [-0.3, -0.25) is 9.59 Å². The summed E-state index contributed by atoms with van der Waals surface area (Å²) in [5.41, 5.74) is 2.09. The van der Waals surface area contributed by atoms with Crippen LogP contribution in [0.4, 0.5) is 0 Å². The molecule has 2 amide bonds. The number of amides is 2. The van der Waals surface area contributed by atoms with E-state index < -0.39 is 12.1 Å². The Morgan fingerprint density at radius 2 is 1.78 bits per heavy atom. The average Bonchev–Trinajstić information content (AvgIpc) is 2.65. The number of hydrogen-bond acceptors (Lipinski definition) is 3. The Labute approximate surface area is 162 Å². The highest BCUT2D eigenvalue weighted by molar-refractivity contribution is 5.89. The van der Waals surface area contributed by atoms with Crippen LogP contribution < -0.4 is 10.6 Å². The first kappa shape index (κ1) is 22.6. The first-order chi connectivity index (χ1) is 12.9. The van der Waals surface area contributed by atoms with Crippen LogP contribution in [0, 0.1) is 5.92 Å². The minimum absolute atomic E-state index is 0.0800. The van der Waals surface area contributed by atoms with Crippen LogP contribution in [-0.2, 0) is 20.8 Å². The smallest absolute Gasteiger partial charge is 0.243 e. The fourth-order valence-electron chi connectivity index (χ4n) is 2.73. The Morgan fingerprint density at radius 3 is 2.33 bits per heavy atom. The lowest BCUT2D eigenvalue weighted by Crippen LogP contribution is -2.52. The van der Waals surface area contributed by atoms with Gasteiger partial charge >= 0.3 is 0 Å².